The van der Waals surface area contributed by atoms with Gasteiger partial charge in [0.15, 0.2) is 0 Å². The molecule has 1 rings (SSSR count). The first kappa shape index (κ1) is 9.99. The van der Waals surface area contributed by atoms with E-state index in [0.29, 0.717) is 0 Å². The van der Waals surface area contributed by atoms with E-state index in [2.05, 4.69) is 22.5 Å². The zero-order chi connectivity index (χ0) is 9.36. The topological polar surface area (TPSA) is 37.0 Å². The minimum Gasteiger partial charge on any atom is -0.383 e. The molecule has 3 heteroatoms. The van der Waals surface area contributed by atoms with E-state index < -0.39 is 0 Å². The molecule has 1 heterocycles. The highest BCUT2D eigenvalue weighted by Crippen LogP contribution is 2.00. The highest BCUT2D eigenvalue weighted by molar-refractivity contribution is 5.39. The number of anilines is 1. The number of hydrogen-bond acceptors (Lipinski definition) is 3. The van der Waals surface area contributed by atoms with Gasteiger partial charge in [-0.05, 0) is 25.1 Å². The summed E-state index contributed by atoms with van der Waals surface area (Å²) >= 11 is 0. The van der Waals surface area contributed by atoms with E-state index in [9.17, 15) is 0 Å². The number of nitrogens with one attached hydrogen (secondary N) is 2. The van der Waals surface area contributed by atoms with Gasteiger partial charge in [-0.15, -0.1) is 0 Å². The summed E-state index contributed by atoms with van der Waals surface area (Å²) in [4.78, 5) is 4.02. The zero-order valence-electron chi connectivity index (χ0n) is 8.09. The summed E-state index contributed by atoms with van der Waals surface area (Å²) in [5.41, 5.74) is 1.08. The molecule has 2 N–H and O–H groups in total. The van der Waals surface area contributed by atoms with Gasteiger partial charge in [-0.3, -0.25) is 4.98 Å². The van der Waals surface area contributed by atoms with Gasteiger partial charge in [0, 0.05) is 25.5 Å². The Morgan fingerprint density at radius 2 is 2.23 bits per heavy atom. The van der Waals surface area contributed by atoms with Crippen molar-refractivity contribution in [3.63, 3.8) is 0 Å². The molecule has 1 aromatic rings. The fourth-order valence-electron chi connectivity index (χ4n) is 1.06. The molecule has 0 saturated heterocycles. The zero-order valence-corrected chi connectivity index (χ0v) is 8.09. The minimum absolute atomic E-state index is 0.950. The number of rotatable bonds is 6. The molecule has 3 nitrogen and oxygen atoms in total. The van der Waals surface area contributed by atoms with Crippen LogP contribution in [0.25, 0.3) is 0 Å². The van der Waals surface area contributed by atoms with Crippen molar-refractivity contribution in [2.45, 2.75) is 13.3 Å². The summed E-state index contributed by atoms with van der Waals surface area (Å²) < 4.78 is 0. The lowest BCUT2D eigenvalue weighted by atomic mass is 10.4. The van der Waals surface area contributed by atoms with Crippen LogP contribution in [-0.2, 0) is 0 Å². The third-order valence-corrected chi connectivity index (χ3v) is 1.72. The van der Waals surface area contributed by atoms with Crippen LogP contribution in [0.2, 0.25) is 0 Å². The second-order valence-corrected chi connectivity index (χ2v) is 2.92. The summed E-state index contributed by atoms with van der Waals surface area (Å²) in [6.45, 7) is 5.21. The van der Waals surface area contributed by atoms with E-state index in [0.717, 1.165) is 25.3 Å². The lowest BCUT2D eigenvalue weighted by molar-refractivity contribution is 0.688. The average molecular weight is 179 g/mol. The third-order valence-electron chi connectivity index (χ3n) is 1.72. The molecule has 0 spiro atoms. The third kappa shape index (κ3) is 4.48. The fourth-order valence-corrected chi connectivity index (χ4v) is 1.06. The van der Waals surface area contributed by atoms with Crippen molar-refractivity contribution in [3.8, 4) is 0 Å². The Kier molecular flexibility index (Phi) is 4.94. The monoisotopic (exact) mass is 179 g/mol. The van der Waals surface area contributed by atoms with Crippen molar-refractivity contribution >= 4 is 5.69 Å². The molecule has 13 heavy (non-hydrogen) atoms. The summed E-state index contributed by atoms with van der Waals surface area (Å²) in [7, 11) is 0. The number of nitrogens with zero attached hydrogens (tertiary/aromatic N) is 1. The molecule has 0 aliphatic carbocycles. The molecule has 72 valence electrons. The fraction of sp³-hybridized carbons (Fsp3) is 0.500. The highest BCUT2D eigenvalue weighted by atomic mass is 14.9. The van der Waals surface area contributed by atoms with Gasteiger partial charge in [-0.1, -0.05) is 6.92 Å². The van der Waals surface area contributed by atoms with Crippen molar-refractivity contribution in [3.05, 3.63) is 24.5 Å². The Morgan fingerprint density at radius 1 is 1.31 bits per heavy atom. The molecule has 0 atom stereocenters. The summed E-state index contributed by atoms with van der Waals surface area (Å²) in [6, 6.07) is 3.95. The van der Waals surface area contributed by atoms with Crippen LogP contribution in [0.3, 0.4) is 0 Å². The van der Waals surface area contributed by atoms with Crippen LogP contribution in [-0.4, -0.2) is 24.6 Å². The van der Waals surface area contributed by atoms with Crippen LogP contribution < -0.4 is 10.6 Å². The Balaban J connectivity index is 2.07. The predicted molar refractivity (Wildman–Crippen MR) is 55.9 cm³/mol. The van der Waals surface area contributed by atoms with Gasteiger partial charge >= 0.3 is 0 Å². The van der Waals surface area contributed by atoms with Crippen LogP contribution in [0.1, 0.15) is 13.3 Å². The van der Waals surface area contributed by atoms with E-state index in [4.69, 9.17) is 0 Å². The Labute approximate surface area is 79.6 Å². The molecule has 0 fully saturated rings. The Morgan fingerprint density at radius 3 is 2.92 bits per heavy atom. The number of pyridine rings is 1. The molecular formula is C10H17N3. The maximum Gasteiger partial charge on any atom is 0.0527 e. The van der Waals surface area contributed by atoms with Gasteiger partial charge < -0.3 is 10.6 Å². The van der Waals surface area contributed by atoms with E-state index in [1.165, 1.54) is 6.42 Å². The SMILES string of the molecule is CCCNCCNc1cccnc1. The Hall–Kier alpha value is -1.09. The lowest BCUT2D eigenvalue weighted by Crippen LogP contribution is -2.22. The van der Waals surface area contributed by atoms with E-state index in [-0.39, 0.29) is 0 Å². The van der Waals surface area contributed by atoms with Gasteiger partial charge in [-0.2, -0.15) is 0 Å². The Bertz CT molecular complexity index is 211. The average Bonchev–Trinajstić information content (AvgIpc) is 2.19. The lowest BCUT2D eigenvalue weighted by Gasteiger charge is -2.05. The molecule has 0 aliphatic rings. The second-order valence-electron chi connectivity index (χ2n) is 2.92. The molecular weight excluding hydrogens is 162 g/mol. The van der Waals surface area contributed by atoms with E-state index >= 15 is 0 Å². The summed E-state index contributed by atoms with van der Waals surface area (Å²) in [5.74, 6) is 0. The minimum atomic E-state index is 0.950. The summed E-state index contributed by atoms with van der Waals surface area (Å²) in [6.07, 6.45) is 4.80. The first-order valence-corrected chi connectivity index (χ1v) is 4.78. The first-order chi connectivity index (χ1) is 6.43. The van der Waals surface area contributed by atoms with Crippen LogP contribution in [0, 0.1) is 0 Å². The largest absolute Gasteiger partial charge is 0.383 e. The maximum atomic E-state index is 4.02. The van der Waals surface area contributed by atoms with Crippen molar-refractivity contribution < 1.29 is 0 Å². The molecule has 0 aromatic carbocycles. The number of aromatic nitrogens is 1. The van der Waals surface area contributed by atoms with Crippen molar-refractivity contribution in [1.29, 1.82) is 0 Å². The molecule has 0 bridgehead atoms. The van der Waals surface area contributed by atoms with E-state index in [1.807, 2.05) is 18.3 Å². The first-order valence-electron chi connectivity index (χ1n) is 4.78. The van der Waals surface area contributed by atoms with Crippen LogP contribution in [0.4, 0.5) is 5.69 Å². The molecule has 0 amide bonds. The van der Waals surface area contributed by atoms with Gasteiger partial charge in [0.05, 0.1) is 5.69 Å². The van der Waals surface area contributed by atoms with Crippen molar-refractivity contribution in [2.75, 3.05) is 25.0 Å². The summed E-state index contributed by atoms with van der Waals surface area (Å²) in [5, 5.41) is 6.60. The highest BCUT2D eigenvalue weighted by Gasteiger charge is 1.88. The quantitative estimate of drug-likeness (QED) is 0.650. The standard InChI is InChI=1S/C10H17N3/c1-2-5-11-7-8-13-10-4-3-6-12-9-10/h3-4,6,9,11,13H,2,5,7-8H2,1H3. The van der Waals surface area contributed by atoms with Crippen LogP contribution in [0.5, 0.6) is 0 Å². The normalized spacial score (nSPS) is 9.92. The van der Waals surface area contributed by atoms with Gasteiger partial charge in [0.2, 0.25) is 0 Å². The molecule has 0 unspecified atom stereocenters. The smallest absolute Gasteiger partial charge is 0.0527 e. The van der Waals surface area contributed by atoms with Gasteiger partial charge in [0.25, 0.3) is 0 Å². The van der Waals surface area contributed by atoms with Crippen molar-refractivity contribution in [2.24, 2.45) is 0 Å². The molecule has 0 saturated carbocycles. The maximum absolute atomic E-state index is 4.02. The molecule has 0 aliphatic heterocycles. The second kappa shape index (κ2) is 6.43. The number of hydrogen-bond donors (Lipinski definition) is 2. The van der Waals surface area contributed by atoms with Crippen LogP contribution in [0.15, 0.2) is 24.5 Å². The van der Waals surface area contributed by atoms with Crippen molar-refractivity contribution in [1.82, 2.24) is 10.3 Å². The van der Waals surface area contributed by atoms with Gasteiger partial charge in [-0.25, -0.2) is 0 Å². The molecule has 1 aromatic heterocycles. The molecule has 0 radical (unpaired) electrons. The van der Waals surface area contributed by atoms with Gasteiger partial charge in [0.1, 0.15) is 0 Å². The van der Waals surface area contributed by atoms with Crippen LogP contribution >= 0.6 is 0 Å². The predicted octanol–water partition coefficient (Wildman–Crippen LogP) is 1.49. The van der Waals surface area contributed by atoms with E-state index in [1.54, 1.807) is 6.20 Å².